The predicted octanol–water partition coefficient (Wildman–Crippen LogP) is 3.72. The number of rotatable bonds is 5. The molecule has 2 aromatic carbocycles. The van der Waals surface area contributed by atoms with Crippen LogP contribution in [0.15, 0.2) is 53.0 Å². The second kappa shape index (κ2) is 7.62. The van der Waals surface area contributed by atoms with Crippen LogP contribution in [0.25, 0.3) is 0 Å². The summed E-state index contributed by atoms with van der Waals surface area (Å²) in [7, 11) is 0. The number of anilines is 1. The zero-order chi connectivity index (χ0) is 16.1. The summed E-state index contributed by atoms with van der Waals surface area (Å²) in [5.41, 5.74) is 1.88. The summed E-state index contributed by atoms with van der Waals surface area (Å²) in [6.45, 7) is 1.42. The van der Waals surface area contributed by atoms with Crippen LogP contribution in [-0.4, -0.2) is 18.5 Å². The lowest BCUT2D eigenvalue weighted by Gasteiger charge is -2.12. The number of carbonyl (C=O) groups is 1. The fourth-order valence-electron chi connectivity index (χ4n) is 2.52. The smallest absolute Gasteiger partial charge is 0.241 e. The molecule has 0 bridgehead atoms. The van der Waals surface area contributed by atoms with E-state index in [4.69, 9.17) is 4.74 Å². The van der Waals surface area contributed by atoms with Gasteiger partial charge in [-0.2, -0.15) is 0 Å². The maximum Gasteiger partial charge on any atom is 0.241 e. The fraction of sp³-hybridized carbons (Fsp3) is 0.278. The number of nitrogens with one attached hydrogen (secondary N) is 2. The second-order valence-electron chi connectivity index (χ2n) is 5.58. The molecule has 4 nitrogen and oxygen atoms in total. The molecule has 5 heteroatoms. The Hall–Kier alpha value is -1.85. The van der Waals surface area contributed by atoms with E-state index in [1.807, 2.05) is 48.5 Å². The molecule has 2 aromatic rings. The number of halogens is 1. The van der Waals surface area contributed by atoms with E-state index < -0.39 is 0 Å². The van der Waals surface area contributed by atoms with E-state index in [2.05, 4.69) is 26.6 Å². The van der Waals surface area contributed by atoms with Crippen molar-refractivity contribution in [1.29, 1.82) is 0 Å². The first-order valence-electron chi connectivity index (χ1n) is 7.72. The van der Waals surface area contributed by atoms with Gasteiger partial charge in [-0.05, 0) is 61.3 Å². The molecule has 120 valence electrons. The van der Waals surface area contributed by atoms with Gasteiger partial charge in [0.2, 0.25) is 5.91 Å². The summed E-state index contributed by atoms with van der Waals surface area (Å²) in [6, 6.07) is 15.4. The summed E-state index contributed by atoms with van der Waals surface area (Å²) in [6.07, 6.45) is 1.97. The molecule has 1 unspecified atom stereocenters. The van der Waals surface area contributed by atoms with E-state index in [1.54, 1.807) is 0 Å². The molecule has 0 aliphatic carbocycles. The van der Waals surface area contributed by atoms with Crippen LogP contribution in [0, 0.1) is 0 Å². The Kier molecular flexibility index (Phi) is 5.31. The topological polar surface area (TPSA) is 50.4 Å². The van der Waals surface area contributed by atoms with Gasteiger partial charge < -0.3 is 15.4 Å². The normalized spacial score (nSPS) is 17.0. The highest BCUT2D eigenvalue weighted by atomic mass is 79.9. The van der Waals surface area contributed by atoms with Crippen molar-refractivity contribution < 1.29 is 9.53 Å². The Morgan fingerprint density at radius 1 is 1.17 bits per heavy atom. The van der Waals surface area contributed by atoms with E-state index in [1.165, 1.54) is 0 Å². The van der Waals surface area contributed by atoms with Gasteiger partial charge in [0.15, 0.2) is 0 Å². The summed E-state index contributed by atoms with van der Waals surface area (Å²) in [4.78, 5) is 12.0. The number of carbonyl (C=O) groups excluding carboxylic acids is 1. The maximum atomic E-state index is 12.0. The molecule has 0 radical (unpaired) electrons. The number of ether oxygens (including phenoxy) is 1. The van der Waals surface area contributed by atoms with E-state index in [9.17, 15) is 4.79 Å². The minimum atomic E-state index is -0.0598. The highest BCUT2D eigenvalue weighted by molar-refractivity contribution is 9.10. The fourth-order valence-corrected chi connectivity index (χ4v) is 2.78. The van der Waals surface area contributed by atoms with Gasteiger partial charge in [0.25, 0.3) is 0 Å². The summed E-state index contributed by atoms with van der Waals surface area (Å²) in [5.74, 6) is 0.874. The molecule has 1 amide bonds. The Bertz CT molecular complexity index is 650. The molecule has 1 fully saturated rings. The number of benzene rings is 2. The van der Waals surface area contributed by atoms with Gasteiger partial charge in [0, 0.05) is 10.2 Å². The van der Waals surface area contributed by atoms with E-state index in [0.717, 1.165) is 40.9 Å². The van der Waals surface area contributed by atoms with Crippen molar-refractivity contribution in [2.45, 2.75) is 25.5 Å². The molecule has 23 heavy (non-hydrogen) atoms. The van der Waals surface area contributed by atoms with Crippen LogP contribution in [0.2, 0.25) is 0 Å². The van der Waals surface area contributed by atoms with Crippen molar-refractivity contribution in [3.8, 4) is 5.75 Å². The monoisotopic (exact) mass is 374 g/mol. The molecule has 3 rings (SSSR count). The third-order valence-corrected chi connectivity index (χ3v) is 4.35. The van der Waals surface area contributed by atoms with E-state index in [-0.39, 0.29) is 11.9 Å². The third-order valence-electron chi connectivity index (χ3n) is 3.82. The Labute approximate surface area is 144 Å². The summed E-state index contributed by atoms with van der Waals surface area (Å²) in [5, 5.41) is 6.14. The quantitative estimate of drug-likeness (QED) is 0.838. The van der Waals surface area contributed by atoms with Crippen LogP contribution in [0.5, 0.6) is 5.75 Å². The first-order chi connectivity index (χ1) is 11.2. The number of hydrogen-bond acceptors (Lipinski definition) is 3. The molecule has 1 aliphatic rings. The molecule has 1 saturated heterocycles. The highest BCUT2D eigenvalue weighted by Gasteiger charge is 2.21. The Morgan fingerprint density at radius 2 is 1.91 bits per heavy atom. The van der Waals surface area contributed by atoms with Crippen molar-refractivity contribution in [1.82, 2.24) is 5.32 Å². The van der Waals surface area contributed by atoms with Crippen molar-refractivity contribution in [2.75, 3.05) is 11.9 Å². The van der Waals surface area contributed by atoms with Crippen LogP contribution in [0.3, 0.4) is 0 Å². The molecule has 2 N–H and O–H groups in total. The molecule has 1 atom stereocenters. The van der Waals surface area contributed by atoms with Crippen molar-refractivity contribution in [3.05, 3.63) is 58.6 Å². The predicted molar refractivity (Wildman–Crippen MR) is 94.6 cm³/mol. The van der Waals surface area contributed by atoms with Gasteiger partial charge in [-0.25, -0.2) is 0 Å². The second-order valence-corrected chi connectivity index (χ2v) is 6.49. The van der Waals surface area contributed by atoms with Crippen LogP contribution >= 0.6 is 15.9 Å². The van der Waals surface area contributed by atoms with Gasteiger partial charge >= 0.3 is 0 Å². The average Bonchev–Trinajstić information content (AvgIpc) is 3.10. The third kappa shape index (κ3) is 4.56. The lowest BCUT2D eigenvalue weighted by atomic mass is 10.2. The molecule has 1 aliphatic heterocycles. The van der Waals surface area contributed by atoms with Crippen LogP contribution in [0.4, 0.5) is 5.69 Å². The SMILES string of the molecule is O=C(Nc1ccc(COc2ccc(Br)cc2)cc1)C1CCCN1. The summed E-state index contributed by atoms with van der Waals surface area (Å²) < 4.78 is 6.76. The summed E-state index contributed by atoms with van der Waals surface area (Å²) >= 11 is 3.40. The lowest BCUT2D eigenvalue weighted by molar-refractivity contribution is -0.117. The largest absolute Gasteiger partial charge is 0.489 e. The van der Waals surface area contributed by atoms with Crippen LogP contribution in [-0.2, 0) is 11.4 Å². The minimum absolute atomic E-state index is 0.0429. The molecule has 0 aromatic heterocycles. The minimum Gasteiger partial charge on any atom is -0.489 e. The molecular formula is C18H19BrN2O2. The standard InChI is InChI=1S/C18H19BrN2O2/c19-14-5-9-16(10-6-14)23-12-13-3-7-15(8-4-13)21-18(22)17-2-1-11-20-17/h3-10,17,20H,1-2,11-12H2,(H,21,22). The van der Waals surface area contributed by atoms with Gasteiger partial charge in [-0.15, -0.1) is 0 Å². The van der Waals surface area contributed by atoms with Gasteiger partial charge in [0.1, 0.15) is 12.4 Å². The van der Waals surface area contributed by atoms with Crippen LogP contribution in [0.1, 0.15) is 18.4 Å². The zero-order valence-corrected chi connectivity index (χ0v) is 14.3. The molecule has 0 saturated carbocycles. The first-order valence-corrected chi connectivity index (χ1v) is 8.51. The zero-order valence-electron chi connectivity index (χ0n) is 12.7. The maximum absolute atomic E-state index is 12.0. The van der Waals surface area contributed by atoms with Crippen molar-refractivity contribution in [2.24, 2.45) is 0 Å². The number of hydrogen-bond donors (Lipinski definition) is 2. The van der Waals surface area contributed by atoms with Crippen LogP contribution < -0.4 is 15.4 Å². The highest BCUT2D eigenvalue weighted by Crippen LogP contribution is 2.18. The van der Waals surface area contributed by atoms with Crippen molar-refractivity contribution >= 4 is 27.5 Å². The van der Waals surface area contributed by atoms with E-state index in [0.29, 0.717) is 6.61 Å². The first kappa shape index (κ1) is 16.0. The number of amides is 1. The molecule has 1 heterocycles. The molecule has 0 spiro atoms. The van der Waals surface area contributed by atoms with Gasteiger partial charge in [-0.1, -0.05) is 28.1 Å². The van der Waals surface area contributed by atoms with E-state index >= 15 is 0 Å². The lowest BCUT2D eigenvalue weighted by Crippen LogP contribution is -2.35. The Morgan fingerprint density at radius 3 is 2.57 bits per heavy atom. The van der Waals surface area contributed by atoms with Gasteiger partial charge in [-0.3, -0.25) is 4.79 Å². The average molecular weight is 375 g/mol. The van der Waals surface area contributed by atoms with Crippen molar-refractivity contribution in [3.63, 3.8) is 0 Å². The Balaban J connectivity index is 1.52. The molecular weight excluding hydrogens is 356 g/mol. The van der Waals surface area contributed by atoms with Gasteiger partial charge in [0.05, 0.1) is 6.04 Å².